The summed E-state index contributed by atoms with van der Waals surface area (Å²) in [5.41, 5.74) is 0. The van der Waals surface area contributed by atoms with E-state index in [1.807, 2.05) is 25.5 Å². The van der Waals surface area contributed by atoms with Crippen molar-refractivity contribution in [1.29, 1.82) is 0 Å². The molecule has 6 heteroatoms. The predicted molar refractivity (Wildman–Crippen MR) is 65.6 cm³/mol. The smallest absolute Gasteiger partial charge is 0.190 e. The number of aryl methyl sites for hydroxylation is 1. The second-order valence-corrected chi connectivity index (χ2v) is 4.73. The SMILES string of the molecule is CCNC(CO)CCSc1nnc(C)n1C. The average molecular weight is 244 g/mol. The molecule has 0 aliphatic carbocycles. The lowest BCUT2D eigenvalue weighted by Gasteiger charge is -2.13. The minimum Gasteiger partial charge on any atom is -0.395 e. The third-order valence-electron chi connectivity index (χ3n) is 2.46. The van der Waals surface area contributed by atoms with E-state index in [-0.39, 0.29) is 12.6 Å². The molecule has 0 radical (unpaired) electrons. The number of hydrogen-bond acceptors (Lipinski definition) is 5. The fourth-order valence-electron chi connectivity index (χ4n) is 1.35. The standard InChI is InChI=1S/C10H20N4OS/c1-4-11-9(7-15)5-6-16-10-13-12-8(2)14(10)3/h9,11,15H,4-7H2,1-3H3. The molecular weight excluding hydrogens is 224 g/mol. The van der Waals surface area contributed by atoms with Crippen LogP contribution in [0.4, 0.5) is 0 Å². The first-order valence-electron chi connectivity index (χ1n) is 5.52. The minimum absolute atomic E-state index is 0.187. The lowest BCUT2D eigenvalue weighted by molar-refractivity contribution is 0.241. The molecule has 0 amide bonds. The normalized spacial score (nSPS) is 13.0. The second-order valence-electron chi connectivity index (χ2n) is 3.66. The van der Waals surface area contributed by atoms with E-state index >= 15 is 0 Å². The van der Waals surface area contributed by atoms with Gasteiger partial charge in [0.1, 0.15) is 5.82 Å². The molecular formula is C10H20N4OS. The van der Waals surface area contributed by atoms with Crippen LogP contribution in [0.2, 0.25) is 0 Å². The molecule has 0 saturated heterocycles. The molecule has 1 heterocycles. The van der Waals surface area contributed by atoms with E-state index in [2.05, 4.69) is 15.5 Å². The van der Waals surface area contributed by atoms with Crippen molar-refractivity contribution in [3.8, 4) is 0 Å². The third-order valence-corrected chi connectivity index (χ3v) is 3.52. The van der Waals surface area contributed by atoms with E-state index < -0.39 is 0 Å². The highest BCUT2D eigenvalue weighted by atomic mass is 32.2. The van der Waals surface area contributed by atoms with Crippen LogP contribution in [0.15, 0.2) is 5.16 Å². The number of likely N-dealkylation sites (N-methyl/N-ethyl adjacent to an activating group) is 1. The quantitative estimate of drug-likeness (QED) is 0.687. The molecule has 1 unspecified atom stereocenters. The number of nitrogens with zero attached hydrogens (tertiary/aromatic N) is 3. The highest BCUT2D eigenvalue weighted by molar-refractivity contribution is 7.99. The summed E-state index contributed by atoms with van der Waals surface area (Å²) in [5, 5.41) is 21.4. The van der Waals surface area contributed by atoms with Gasteiger partial charge < -0.3 is 15.0 Å². The molecule has 0 aliphatic rings. The first-order valence-corrected chi connectivity index (χ1v) is 6.50. The largest absolute Gasteiger partial charge is 0.395 e. The van der Waals surface area contributed by atoms with Crippen LogP contribution in [0.1, 0.15) is 19.2 Å². The Morgan fingerprint density at radius 3 is 2.75 bits per heavy atom. The van der Waals surface area contributed by atoms with Gasteiger partial charge in [-0.15, -0.1) is 10.2 Å². The van der Waals surface area contributed by atoms with Gasteiger partial charge in [-0.2, -0.15) is 0 Å². The Kier molecular flexibility index (Phi) is 5.79. The number of thioether (sulfide) groups is 1. The van der Waals surface area contributed by atoms with Gasteiger partial charge in [0, 0.05) is 18.8 Å². The number of rotatable bonds is 7. The van der Waals surface area contributed by atoms with Crippen LogP contribution in [0, 0.1) is 6.92 Å². The summed E-state index contributed by atoms with van der Waals surface area (Å²) in [7, 11) is 1.96. The van der Waals surface area contributed by atoms with Crippen molar-refractivity contribution in [3.05, 3.63) is 5.82 Å². The molecule has 1 rings (SSSR count). The topological polar surface area (TPSA) is 63.0 Å². The number of aromatic nitrogens is 3. The molecule has 1 aromatic rings. The zero-order valence-corrected chi connectivity index (χ0v) is 10.9. The van der Waals surface area contributed by atoms with Gasteiger partial charge >= 0.3 is 0 Å². The Labute approximate surface area is 101 Å². The third kappa shape index (κ3) is 3.77. The second kappa shape index (κ2) is 6.88. The minimum atomic E-state index is 0.187. The fourth-order valence-corrected chi connectivity index (χ4v) is 2.36. The summed E-state index contributed by atoms with van der Waals surface area (Å²) in [6.45, 7) is 5.05. The molecule has 0 bridgehead atoms. The van der Waals surface area contributed by atoms with Crippen LogP contribution in [-0.2, 0) is 7.05 Å². The fraction of sp³-hybridized carbons (Fsp3) is 0.800. The predicted octanol–water partition coefficient (Wildman–Crippen LogP) is 0.576. The molecule has 5 nitrogen and oxygen atoms in total. The van der Waals surface area contributed by atoms with Crippen molar-refractivity contribution in [2.75, 3.05) is 18.9 Å². The average Bonchev–Trinajstić information content (AvgIpc) is 2.59. The van der Waals surface area contributed by atoms with Crippen LogP contribution < -0.4 is 5.32 Å². The van der Waals surface area contributed by atoms with Crippen LogP contribution in [0.25, 0.3) is 0 Å². The van der Waals surface area contributed by atoms with E-state index in [9.17, 15) is 0 Å². The van der Waals surface area contributed by atoms with E-state index in [0.717, 1.165) is 29.7 Å². The Balaban J connectivity index is 2.32. The van der Waals surface area contributed by atoms with Gasteiger partial charge in [-0.3, -0.25) is 0 Å². The molecule has 2 N–H and O–H groups in total. The van der Waals surface area contributed by atoms with Crippen LogP contribution in [-0.4, -0.2) is 44.8 Å². The first-order chi connectivity index (χ1) is 7.69. The lowest BCUT2D eigenvalue weighted by Crippen LogP contribution is -2.32. The lowest BCUT2D eigenvalue weighted by atomic mass is 10.2. The van der Waals surface area contributed by atoms with Crippen molar-refractivity contribution in [2.45, 2.75) is 31.5 Å². The van der Waals surface area contributed by atoms with E-state index in [0.29, 0.717) is 0 Å². The van der Waals surface area contributed by atoms with Gasteiger partial charge in [0.25, 0.3) is 0 Å². The Morgan fingerprint density at radius 2 is 2.25 bits per heavy atom. The highest BCUT2D eigenvalue weighted by Gasteiger charge is 2.08. The van der Waals surface area contributed by atoms with Crippen LogP contribution in [0.5, 0.6) is 0 Å². The summed E-state index contributed by atoms with van der Waals surface area (Å²) in [6, 6.07) is 0.187. The van der Waals surface area contributed by atoms with E-state index in [4.69, 9.17) is 5.11 Å². The van der Waals surface area contributed by atoms with Crippen LogP contribution in [0.3, 0.4) is 0 Å². The molecule has 1 atom stereocenters. The summed E-state index contributed by atoms with van der Waals surface area (Å²) in [6.07, 6.45) is 0.931. The summed E-state index contributed by atoms with van der Waals surface area (Å²) >= 11 is 1.68. The zero-order chi connectivity index (χ0) is 12.0. The first kappa shape index (κ1) is 13.5. The van der Waals surface area contributed by atoms with Crippen molar-refractivity contribution in [1.82, 2.24) is 20.1 Å². The number of aliphatic hydroxyl groups excluding tert-OH is 1. The van der Waals surface area contributed by atoms with Gasteiger partial charge in [-0.1, -0.05) is 18.7 Å². The molecule has 92 valence electrons. The molecule has 16 heavy (non-hydrogen) atoms. The molecule has 0 aliphatic heterocycles. The van der Waals surface area contributed by atoms with Gasteiger partial charge in [0.15, 0.2) is 5.16 Å². The van der Waals surface area contributed by atoms with Gasteiger partial charge in [0.2, 0.25) is 0 Å². The van der Waals surface area contributed by atoms with Crippen molar-refractivity contribution >= 4 is 11.8 Å². The highest BCUT2D eigenvalue weighted by Crippen LogP contribution is 2.16. The van der Waals surface area contributed by atoms with Gasteiger partial charge in [-0.05, 0) is 19.9 Å². The van der Waals surface area contributed by atoms with Crippen LogP contribution >= 0.6 is 11.8 Å². The summed E-state index contributed by atoms with van der Waals surface area (Å²) < 4.78 is 1.98. The molecule has 0 fully saturated rings. The maximum absolute atomic E-state index is 9.11. The number of aliphatic hydroxyl groups is 1. The Morgan fingerprint density at radius 1 is 1.50 bits per heavy atom. The maximum atomic E-state index is 9.11. The van der Waals surface area contributed by atoms with Gasteiger partial charge in [-0.25, -0.2) is 0 Å². The monoisotopic (exact) mass is 244 g/mol. The summed E-state index contributed by atoms with van der Waals surface area (Å²) in [4.78, 5) is 0. The Bertz CT molecular complexity index is 316. The molecule has 0 spiro atoms. The van der Waals surface area contributed by atoms with Crippen molar-refractivity contribution in [2.24, 2.45) is 7.05 Å². The van der Waals surface area contributed by atoms with E-state index in [1.54, 1.807) is 11.8 Å². The van der Waals surface area contributed by atoms with Gasteiger partial charge in [0.05, 0.1) is 6.61 Å². The van der Waals surface area contributed by atoms with Crippen molar-refractivity contribution in [3.63, 3.8) is 0 Å². The molecule has 0 saturated carbocycles. The summed E-state index contributed by atoms with van der Waals surface area (Å²) in [5.74, 6) is 1.86. The molecule has 0 aromatic carbocycles. The number of nitrogens with one attached hydrogen (secondary N) is 1. The Hall–Kier alpha value is -0.590. The number of hydrogen-bond donors (Lipinski definition) is 2. The molecule has 1 aromatic heterocycles. The zero-order valence-electron chi connectivity index (χ0n) is 10.1. The van der Waals surface area contributed by atoms with E-state index in [1.165, 1.54) is 0 Å². The maximum Gasteiger partial charge on any atom is 0.190 e. The van der Waals surface area contributed by atoms with Crippen molar-refractivity contribution < 1.29 is 5.11 Å².